The van der Waals surface area contributed by atoms with Gasteiger partial charge in [0.1, 0.15) is 12.2 Å². The lowest BCUT2D eigenvalue weighted by molar-refractivity contribution is -0.154. The molecule has 0 unspecified atom stereocenters. The van der Waals surface area contributed by atoms with Crippen molar-refractivity contribution in [1.82, 2.24) is 25.3 Å². The predicted molar refractivity (Wildman–Crippen MR) is 74.6 cm³/mol. The maximum absolute atomic E-state index is 12.0. The number of aliphatic carboxylic acids is 1. The van der Waals surface area contributed by atoms with Crippen molar-refractivity contribution < 1.29 is 32.6 Å². The first-order chi connectivity index (χ1) is 11.7. The van der Waals surface area contributed by atoms with Gasteiger partial charge in [-0.25, -0.2) is 9.67 Å². The fraction of sp³-hybridized carbons (Fsp3) is 0.308. The minimum Gasteiger partial charge on any atom is -0.480 e. The number of carboxylic acids is 1. The number of carbonyl (C=O) groups is 2. The maximum Gasteiger partial charge on any atom is 0.422 e. The summed E-state index contributed by atoms with van der Waals surface area (Å²) in [5, 5.41) is 18.4. The molecule has 0 atom stereocenters. The third-order valence-corrected chi connectivity index (χ3v) is 2.70. The molecule has 2 aromatic heterocycles. The predicted octanol–water partition coefficient (Wildman–Crippen LogP) is 0.629. The Kier molecular flexibility index (Phi) is 5.52. The largest absolute Gasteiger partial charge is 0.480 e. The summed E-state index contributed by atoms with van der Waals surface area (Å²) in [4.78, 5) is 26.0. The summed E-state index contributed by atoms with van der Waals surface area (Å²) in [7, 11) is 0. The Labute approximate surface area is 138 Å². The summed E-state index contributed by atoms with van der Waals surface area (Å²) in [6.45, 7) is -1.84. The molecule has 25 heavy (non-hydrogen) atoms. The van der Waals surface area contributed by atoms with Gasteiger partial charge in [-0.15, -0.1) is 5.10 Å². The van der Waals surface area contributed by atoms with E-state index >= 15 is 0 Å². The number of aromatic nitrogens is 4. The lowest BCUT2D eigenvalue weighted by atomic mass is 10.2. The molecule has 0 aliphatic carbocycles. The second kappa shape index (κ2) is 7.59. The summed E-state index contributed by atoms with van der Waals surface area (Å²) in [6, 6.07) is 2.40. The number of hydrogen-bond donors (Lipinski definition) is 2. The van der Waals surface area contributed by atoms with Crippen LogP contribution < -0.4 is 10.1 Å². The van der Waals surface area contributed by atoms with E-state index in [0.29, 0.717) is 5.69 Å². The summed E-state index contributed by atoms with van der Waals surface area (Å²) >= 11 is 0. The van der Waals surface area contributed by atoms with Crippen LogP contribution in [0.4, 0.5) is 13.2 Å². The van der Waals surface area contributed by atoms with Gasteiger partial charge in [0.25, 0.3) is 5.91 Å². The number of carboxylic acid groups (broad SMARTS) is 1. The van der Waals surface area contributed by atoms with Crippen LogP contribution in [-0.2, 0) is 17.9 Å². The zero-order valence-electron chi connectivity index (χ0n) is 12.5. The fourth-order valence-corrected chi connectivity index (χ4v) is 1.66. The average Bonchev–Trinajstić information content (AvgIpc) is 2.97. The molecule has 1 amide bonds. The first-order valence-corrected chi connectivity index (χ1v) is 6.77. The molecule has 12 heteroatoms. The van der Waals surface area contributed by atoms with E-state index in [2.05, 4.69) is 25.3 Å². The van der Waals surface area contributed by atoms with E-state index in [4.69, 9.17) is 5.11 Å². The van der Waals surface area contributed by atoms with Crippen LogP contribution in [0.2, 0.25) is 0 Å². The third-order valence-electron chi connectivity index (χ3n) is 2.70. The van der Waals surface area contributed by atoms with E-state index in [1.54, 1.807) is 0 Å². The van der Waals surface area contributed by atoms with Crippen LogP contribution in [0.15, 0.2) is 24.5 Å². The number of amides is 1. The summed E-state index contributed by atoms with van der Waals surface area (Å²) in [6.07, 6.45) is -2.04. The summed E-state index contributed by atoms with van der Waals surface area (Å²) < 4.78 is 41.6. The van der Waals surface area contributed by atoms with Gasteiger partial charge in [0.2, 0.25) is 5.88 Å². The smallest absolute Gasteiger partial charge is 0.422 e. The van der Waals surface area contributed by atoms with Gasteiger partial charge < -0.3 is 15.2 Å². The number of pyridine rings is 1. The molecule has 0 bridgehead atoms. The van der Waals surface area contributed by atoms with E-state index in [-0.39, 0.29) is 24.5 Å². The number of carbonyl (C=O) groups excluding carboxylic acids is 1. The molecular formula is C13H12F3N5O4. The van der Waals surface area contributed by atoms with E-state index in [1.807, 2.05) is 0 Å². The number of rotatable bonds is 7. The molecule has 0 saturated carbocycles. The van der Waals surface area contributed by atoms with Crippen molar-refractivity contribution in [3.05, 3.63) is 35.8 Å². The van der Waals surface area contributed by atoms with E-state index in [1.165, 1.54) is 12.3 Å². The maximum atomic E-state index is 12.0. The summed E-state index contributed by atoms with van der Waals surface area (Å²) in [5.74, 6) is -1.88. The minimum atomic E-state index is -4.48. The molecule has 2 aromatic rings. The Morgan fingerprint density at radius 3 is 2.68 bits per heavy atom. The van der Waals surface area contributed by atoms with Gasteiger partial charge in [0, 0.05) is 12.3 Å². The average molecular weight is 359 g/mol. The first-order valence-electron chi connectivity index (χ1n) is 6.77. The topological polar surface area (TPSA) is 119 Å². The van der Waals surface area contributed by atoms with Crippen LogP contribution in [-0.4, -0.2) is 49.7 Å². The molecule has 0 aliphatic heterocycles. The van der Waals surface area contributed by atoms with Crippen LogP contribution in [0.25, 0.3) is 0 Å². The van der Waals surface area contributed by atoms with Crippen LogP contribution in [0.1, 0.15) is 16.1 Å². The summed E-state index contributed by atoms with van der Waals surface area (Å²) in [5.41, 5.74) is 0.449. The van der Waals surface area contributed by atoms with Crippen LogP contribution in [0.3, 0.4) is 0 Å². The van der Waals surface area contributed by atoms with Gasteiger partial charge in [-0.3, -0.25) is 9.59 Å². The van der Waals surface area contributed by atoms with Crippen molar-refractivity contribution in [2.24, 2.45) is 0 Å². The van der Waals surface area contributed by atoms with Crippen molar-refractivity contribution in [1.29, 1.82) is 0 Å². The molecule has 0 aromatic carbocycles. The molecule has 0 spiro atoms. The molecule has 2 N–H and O–H groups in total. The number of alkyl halides is 3. The Morgan fingerprint density at radius 1 is 1.32 bits per heavy atom. The molecule has 2 rings (SSSR count). The van der Waals surface area contributed by atoms with Gasteiger partial charge in [0.05, 0.1) is 18.3 Å². The molecule has 0 radical (unpaired) electrons. The zero-order chi connectivity index (χ0) is 18.4. The highest BCUT2D eigenvalue weighted by Gasteiger charge is 2.28. The van der Waals surface area contributed by atoms with Crippen molar-refractivity contribution >= 4 is 11.9 Å². The molecule has 134 valence electrons. The number of hydrogen-bond acceptors (Lipinski definition) is 6. The van der Waals surface area contributed by atoms with Gasteiger partial charge >= 0.3 is 12.1 Å². The quantitative estimate of drug-likeness (QED) is 0.744. The SMILES string of the molecule is O=C(O)Cn1cc(CNC(=O)c2ccc(OCC(F)(F)F)nc2)nn1. The fourth-order valence-electron chi connectivity index (χ4n) is 1.66. The van der Waals surface area contributed by atoms with Crippen LogP contribution >= 0.6 is 0 Å². The van der Waals surface area contributed by atoms with E-state index < -0.39 is 24.7 Å². The van der Waals surface area contributed by atoms with Crippen molar-refractivity contribution in [3.63, 3.8) is 0 Å². The number of ether oxygens (including phenoxy) is 1. The second-order valence-corrected chi connectivity index (χ2v) is 4.77. The minimum absolute atomic E-state index is 0.00915. The Bertz CT molecular complexity index is 745. The second-order valence-electron chi connectivity index (χ2n) is 4.77. The molecule has 0 aliphatic rings. The van der Waals surface area contributed by atoms with Crippen LogP contribution in [0.5, 0.6) is 5.88 Å². The highest BCUT2D eigenvalue weighted by molar-refractivity contribution is 5.93. The number of nitrogens with one attached hydrogen (secondary N) is 1. The monoisotopic (exact) mass is 359 g/mol. The standard InChI is InChI=1S/C13H12F3N5O4/c14-13(15,16)7-25-10-2-1-8(3-17-10)12(24)18-4-9-5-21(20-19-9)6-11(22)23/h1-3,5H,4,6-7H2,(H,18,24)(H,22,23). The zero-order valence-corrected chi connectivity index (χ0v) is 12.5. The molecule has 0 fully saturated rings. The number of nitrogens with zero attached hydrogens (tertiary/aromatic N) is 4. The van der Waals surface area contributed by atoms with Gasteiger partial charge in [-0.05, 0) is 6.07 Å². The van der Waals surface area contributed by atoms with Crippen LogP contribution in [0, 0.1) is 0 Å². The third kappa shape index (κ3) is 6.08. The molecule has 0 saturated heterocycles. The molecule has 9 nitrogen and oxygen atoms in total. The lowest BCUT2D eigenvalue weighted by Gasteiger charge is -2.08. The van der Waals surface area contributed by atoms with Gasteiger partial charge in [-0.1, -0.05) is 5.21 Å². The van der Waals surface area contributed by atoms with Gasteiger partial charge in [0.15, 0.2) is 6.61 Å². The van der Waals surface area contributed by atoms with Crippen molar-refractivity contribution in [2.45, 2.75) is 19.3 Å². The normalized spacial score (nSPS) is 11.2. The van der Waals surface area contributed by atoms with E-state index in [0.717, 1.165) is 16.9 Å². The Morgan fingerprint density at radius 2 is 2.08 bits per heavy atom. The highest BCUT2D eigenvalue weighted by atomic mass is 19.4. The van der Waals surface area contributed by atoms with E-state index in [9.17, 15) is 22.8 Å². The lowest BCUT2D eigenvalue weighted by Crippen LogP contribution is -2.23. The molecule has 2 heterocycles. The first kappa shape index (κ1) is 18.2. The Balaban J connectivity index is 1.86. The molecular weight excluding hydrogens is 347 g/mol. The van der Waals surface area contributed by atoms with Crippen molar-refractivity contribution in [3.8, 4) is 5.88 Å². The Hall–Kier alpha value is -3.18. The number of halogens is 3. The highest BCUT2D eigenvalue weighted by Crippen LogP contribution is 2.17. The van der Waals surface area contributed by atoms with Crippen molar-refractivity contribution in [2.75, 3.05) is 6.61 Å². The van der Waals surface area contributed by atoms with Gasteiger partial charge in [-0.2, -0.15) is 13.2 Å².